The highest BCUT2D eigenvalue weighted by Gasteiger charge is 2.59. The van der Waals surface area contributed by atoms with Gasteiger partial charge in [0.2, 0.25) is 0 Å². The van der Waals surface area contributed by atoms with Gasteiger partial charge in [0.15, 0.2) is 0 Å². The summed E-state index contributed by atoms with van der Waals surface area (Å²) in [7, 11) is -4.40. The molecule has 3 fully saturated rings. The number of fused-ring (bicyclic) bond motifs is 5. The minimum atomic E-state index is -4.40. The predicted octanol–water partition coefficient (Wildman–Crippen LogP) is 6.39. The van der Waals surface area contributed by atoms with Gasteiger partial charge in [-0.25, -0.2) is 4.18 Å². The third kappa shape index (κ3) is 4.86. The van der Waals surface area contributed by atoms with Gasteiger partial charge in [-0.3, -0.25) is 4.55 Å². The van der Waals surface area contributed by atoms with Gasteiger partial charge in [0, 0.05) is 5.92 Å². The molecule has 9 atom stereocenters. The Hall–Kier alpha value is -0.720. The standard InChI is InChI=1S/C27H44O5S/c1-18(17-28)6-5-7-19(2)23-10-11-24-22-9-8-20-16-21(32-33(29,30)31)12-14-26(20,3)25(22)13-15-27(23,24)4/h8,17-19,21-25H,5-7,9-16H2,1-4H3,(H,29,30,31)/t18?,19-,21+,22+,23-,24+,25+,26+,27-/m1/s1. The van der Waals surface area contributed by atoms with Gasteiger partial charge < -0.3 is 4.79 Å². The van der Waals surface area contributed by atoms with E-state index in [1.54, 1.807) is 0 Å². The van der Waals surface area contributed by atoms with Crippen molar-refractivity contribution in [3.05, 3.63) is 11.6 Å². The van der Waals surface area contributed by atoms with E-state index in [9.17, 15) is 13.2 Å². The van der Waals surface area contributed by atoms with Gasteiger partial charge in [-0.2, -0.15) is 8.42 Å². The largest absolute Gasteiger partial charge is 0.397 e. The van der Waals surface area contributed by atoms with E-state index >= 15 is 0 Å². The highest BCUT2D eigenvalue weighted by atomic mass is 32.3. The molecule has 5 nitrogen and oxygen atoms in total. The second-order valence-electron chi connectivity index (χ2n) is 12.4. The first kappa shape index (κ1) is 25.4. The first-order chi connectivity index (χ1) is 15.5. The fourth-order valence-electron chi connectivity index (χ4n) is 8.89. The van der Waals surface area contributed by atoms with Crippen LogP contribution in [0.1, 0.15) is 98.3 Å². The quantitative estimate of drug-likeness (QED) is 0.247. The minimum Gasteiger partial charge on any atom is -0.303 e. The van der Waals surface area contributed by atoms with Crippen LogP contribution >= 0.6 is 0 Å². The molecule has 0 heterocycles. The minimum absolute atomic E-state index is 0.137. The molecule has 6 heteroatoms. The van der Waals surface area contributed by atoms with Gasteiger partial charge in [-0.05, 0) is 98.2 Å². The molecule has 1 unspecified atom stereocenters. The van der Waals surface area contributed by atoms with E-state index in [1.807, 2.05) is 6.92 Å². The van der Waals surface area contributed by atoms with Crippen LogP contribution in [0.3, 0.4) is 0 Å². The molecule has 0 spiro atoms. The van der Waals surface area contributed by atoms with Crippen LogP contribution in [0.25, 0.3) is 0 Å². The molecule has 188 valence electrons. The number of aldehydes is 1. The normalized spacial score (nSPS) is 42.5. The maximum atomic E-state index is 11.2. The Labute approximate surface area is 201 Å². The molecule has 4 aliphatic rings. The fourth-order valence-corrected chi connectivity index (χ4v) is 9.40. The van der Waals surface area contributed by atoms with E-state index < -0.39 is 16.5 Å². The average Bonchev–Trinajstić information content (AvgIpc) is 3.10. The second-order valence-corrected chi connectivity index (χ2v) is 13.4. The van der Waals surface area contributed by atoms with Crippen molar-refractivity contribution in [3.8, 4) is 0 Å². The Kier molecular flexibility index (Phi) is 7.22. The topological polar surface area (TPSA) is 80.7 Å². The number of carbonyl (C=O) groups excluding carboxylic acids is 1. The lowest BCUT2D eigenvalue weighted by atomic mass is 9.47. The van der Waals surface area contributed by atoms with Crippen LogP contribution in [0.2, 0.25) is 0 Å². The SMILES string of the molecule is CC(C=O)CCC[C@@H](C)[C@H]1CC[C@H]2[C@@H]3CC=C4C[C@@H](OS(=O)(=O)O)CC[C@]4(C)[C@H]3CC[C@]12C. The summed E-state index contributed by atoms with van der Waals surface area (Å²) in [5.74, 6) is 3.86. The molecule has 0 aromatic heterocycles. The number of rotatable bonds is 8. The van der Waals surface area contributed by atoms with Crippen molar-refractivity contribution in [3.63, 3.8) is 0 Å². The fraction of sp³-hybridized carbons (Fsp3) is 0.889. The summed E-state index contributed by atoms with van der Waals surface area (Å²) in [4.78, 5) is 11.0. The van der Waals surface area contributed by atoms with Crippen LogP contribution in [0.15, 0.2) is 11.6 Å². The highest BCUT2D eigenvalue weighted by Crippen LogP contribution is 2.67. The molecule has 3 saturated carbocycles. The molecular weight excluding hydrogens is 436 g/mol. The molecule has 0 aromatic rings. The lowest BCUT2D eigenvalue weighted by Gasteiger charge is -2.58. The van der Waals surface area contributed by atoms with Gasteiger partial charge in [0.05, 0.1) is 6.10 Å². The highest BCUT2D eigenvalue weighted by molar-refractivity contribution is 7.80. The zero-order valence-corrected chi connectivity index (χ0v) is 21.8. The molecule has 0 radical (unpaired) electrons. The van der Waals surface area contributed by atoms with Crippen LogP contribution in [0.4, 0.5) is 0 Å². The Bertz CT molecular complexity index is 866. The summed E-state index contributed by atoms with van der Waals surface area (Å²) in [6, 6.07) is 0. The third-order valence-corrected chi connectivity index (χ3v) is 11.1. The van der Waals surface area contributed by atoms with E-state index in [2.05, 4.69) is 26.8 Å². The molecule has 1 N–H and O–H groups in total. The summed E-state index contributed by atoms with van der Waals surface area (Å²) in [6.45, 7) is 9.46. The number of carbonyl (C=O) groups is 1. The molecule has 33 heavy (non-hydrogen) atoms. The summed E-state index contributed by atoms with van der Waals surface area (Å²) < 4.78 is 36.5. The summed E-state index contributed by atoms with van der Waals surface area (Å²) >= 11 is 0. The maximum absolute atomic E-state index is 11.2. The molecule has 0 bridgehead atoms. The van der Waals surface area contributed by atoms with Gasteiger partial charge in [0.25, 0.3) is 0 Å². The maximum Gasteiger partial charge on any atom is 0.397 e. The van der Waals surface area contributed by atoms with E-state index in [0.717, 1.165) is 49.7 Å². The second kappa shape index (κ2) is 9.39. The average molecular weight is 481 g/mol. The van der Waals surface area contributed by atoms with E-state index in [1.165, 1.54) is 37.7 Å². The molecule has 4 aliphatic carbocycles. The van der Waals surface area contributed by atoms with Crippen LogP contribution in [0.5, 0.6) is 0 Å². The van der Waals surface area contributed by atoms with Gasteiger partial charge in [-0.1, -0.05) is 52.2 Å². The lowest BCUT2D eigenvalue weighted by Crippen LogP contribution is -2.51. The van der Waals surface area contributed by atoms with Crippen molar-refractivity contribution >= 4 is 16.7 Å². The summed E-state index contributed by atoms with van der Waals surface area (Å²) in [5.41, 5.74) is 1.92. The lowest BCUT2D eigenvalue weighted by molar-refractivity contribution is -0.110. The van der Waals surface area contributed by atoms with Crippen molar-refractivity contribution in [1.29, 1.82) is 0 Å². The summed E-state index contributed by atoms with van der Waals surface area (Å²) in [5, 5.41) is 0. The zero-order chi connectivity index (χ0) is 24.0. The number of allylic oxidation sites excluding steroid dienone is 1. The monoisotopic (exact) mass is 480 g/mol. The smallest absolute Gasteiger partial charge is 0.303 e. The molecule has 0 amide bonds. The first-order valence-electron chi connectivity index (χ1n) is 13.3. The van der Waals surface area contributed by atoms with Crippen molar-refractivity contribution in [2.24, 2.45) is 46.3 Å². The van der Waals surface area contributed by atoms with Crippen molar-refractivity contribution in [1.82, 2.24) is 0 Å². The van der Waals surface area contributed by atoms with Crippen molar-refractivity contribution in [2.75, 3.05) is 0 Å². The Balaban J connectivity index is 1.45. The zero-order valence-electron chi connectivity index (χ0n) is 21.0. The van der Waals surface area contributed by atoms with Gasteiger partial charge >= 0.3 is 10.4 Å². The number of hydrogen-bond donors (Lipinski definition) is 1. The van der Waals surface area contributed by atoms with E-state index in [4.69, 9.17) is 8.74 Å². The molecular formula is C27H44O5S. The summed E-state index contributed by atoms with van der Waals surface area (Å²) in [6.07, 6.45) is 15.1. The van der Waals surface area contributed by atoms with Gasteiger partial charge in [0.1, 0.15) is 6.29 Å². The van der Waals surface area contributed by atoms with Gasteiger partial charge in [-0.15, -0.1) is 0 Å². The predicted molar refractivity (Wildman–Crippen MR) is 130 cm³/mol. The molecule has 0 aromatic carbocycles. The third-order valence-electron chi connectivity index (χ3n) is 10.6. The van der Waals surface area contributed by atoms with Crippen LogP contribution in [-0.2, 0) is 19.4 Å². The molecule has 0 aliphatic heterocycles. The van der Waals surface area contributed by atoms with Crippen LogP contribution in [0, 0.1) is 46.3 Å². The van der Waals surface area contributed by atoms with Crippen LogP contribution < -0.4 is 0 Å². The Morgan fingerprint density at radius 3 is 2.58 bits per heavy atom. The number of hydrogen-bond acceptors (Lipinski definition) is 4. The molecule has 0 saturated heterocycles. The first-order valence-corrected chi connectivity index (χ1v) is 14.6. The van der Waals surface area contributed by atoms with E-state index in [-0.39, 0.29) is 11.3 Å². The Morgan fingerprint density at radius 1 is 1.12 bits per heavy atom. The Morgan fingerprint density at radius 2 is 1.88 bits per heavy atom. The van der Waals surface area contributed by atoms with Crippen molar-refractivity contribution in [2.45, 2.75) is 104 Å². The van der Waals surface area contributed by atoms with Crippen molar-refractivity contribution < 1.29 is 21.9 Å². The molecule has 4 rings (SSSR count). The van der Waals surface area contributed by atoms with E-state index in [0.29, 0.717) is 30.1 Å². The van der Waals surface area contributed by atoms with Crippen LogP contribution in [-0.4, -0.2) is 25.4 Å².